The Morgan fingerprint density at radius 2 is 0.762 bits per heavy atom. The normalized spacial score (nSPS) is 9.90. The minimum atomic E-state index is -4.67. The molecule has 0 amide bonds. The monoisotopic (exact) mass is 338 g/mol. The summed E-state index contributed by atoms with van der Waals surface area (Å²) in [5.74, 6) is 0. The third-order valence-corrected chi connectivity index (χ3v) is 2.96. The molecule has 0 aromatic rings. The van der Waals surface area contributed by atoms with Gasteiger partial charge in [-0.1, -0.05) is 90.9 Å². The fraction of sp³-hybridized carbons (Fsp3) is 1.00. The van der Waals surface area contributed by atoms with Crippen LogP contribution in [-0.4, -0.2) is 52.6 Å². The zero-order valence-electron chi connectivity index (χ0n) is 13.1. The Labute approximate surface area is 153 Å². The first-order chi connectivity index (χ1) is 8.91. The van der Waals surface area contributed by atoms with E-state index in [0.717, 1.165) is 0 Å². The minimum absolute atomic E-state index is 0. The van der Waals surface area contributed by atoms with E-state index in [1.165, 1.54) is 77.0 Å². The quantitative estimate of drug-likeness (QED) is 0.341. The summed E-state index contributed by atoms with van der Waals surface area (Å²) in [4.78, 5) is 0. The van der Waals surface area contributed by atoms with Crippen LogP contribution in [0.25, 0.3) is 0 Å². The summed E-state index contributed by atoms with van der Waals surface area (Å²) in [7, 11) is -4.67. The van der Waals surface area contributed by atoms with Gasteiger partial charge in [0.15, 0.2) is 0 Å². The van der Waals surface area contributed by atoms with Gasteiger partial charge in [0.25, 0.3) is 0 Å². The van der Waals surface area contributed by atoms with Crippen molar-refractivity contribution >= 4 is 40.0 Å². The number of hydrogen-bond acceptors (Lipinski definition) is 2. The van der Waals surface area contributed by atoms with E-state index in [2.05, 4.69) is 13.8 Å². The number of rotatable bonds is 11. The fourth-order valence-electron chi connectivity index (χ4n) is 1.91. The van der Waals surface area contributed by atoms with Crippen LogP contribution in [0.3, 0.4) is 0 Å². The van der Waals surface area contributed by atoms with Crippen LogP contribution in [0.1, 0.15) is 90.9 Å². The summed E-state index contributed by atoms with van der Waals surface area (Å²) in [5, 5.41) is 0. The average Bonchev–Trinajstić information content (AvgIpc) is 2.29. The molecular formula is C14H35NaO5S. The molecule has 0 fully saturated rings. The zero-order valence-corrected chi connectivity index (χ0v) is 13.9. The van der Waals surface area contributed by atoms with Crippen molar-refractivity contribution in [2.75, 3.05) is 0 Å². The summed E-state index contributed by atoms with van der Waals surface area (Å²) < 4.78 is 31.6. The molecule has 4 N–H and O–H groups in total. The van der Waals surface area contributed by atoms with Crippen molar-refractivity contribution in [1.82, 2.24) is 0 Å². The van der Waals surface area contributed by atoms with Crippen LogP contribution >= 0.6 is 0 Å². The first kappa shape index (κ1) is 29.8. The Hall–Kier alpha value is 0.830. The van der Waals surface area contributed by atoms with Crippen molar-refractivity contribution < 1.29 is 23.0 Å². The Balaban J connectivity index is -0.000000179. The molecule has 0 atom stereocenters. The van der Waals surface area contributed by atoms with E-state index in [1.54, 1.807) is 0 Å². The SMILES string of the molecule is CCCCCCCCCCCCCC.O.O=S(=O)(O)O.[NaH]. The van der Waals surface area contributed by atoms with Crippen LogP contribution in [0.15, 0.2) is 0 Å². The summed E-state index contributed by atoms with van der Waals surface area (Å²) >= 11 is 0. The third-order valence-electron chi connectivity index (χ3n) is 2.96. The molecule has 0 rings (SSSR count). The second kappa shape index (κ2) is 23.1. The van der Waals surface area contributed by atoms with Gasteiger partial charge in [-0.25, -0.2) is 0 Å². The van der Waals surface area contributed by atoms with Gasteiger partial charge in [-0.05, 0) is 0 Å². The van der Waals surface area contributed by atoms with E-state index < -0.39 is 10.4 Å². The molecule has 0 unspecified atom stereocenters. The summed E-state index contributed by atoms with van der Waals surface area (Å²) in [6, 6.07) is 0. The van der Waals surface area contributed by atoms with Gasteiger partial charge in [0.1, 0.15) is 0 Å². The second-order valence-electron chi connectivity index (χ2n) is 4.98. The molecule has 0 aliphatic rings. The van der Waals surface area contributed by atoms with E-state index in [4.69, 9.17) is 17.5 Å². The van der Waals surface area contributed by atoms with Crippen LogP contribution in [0.5, 0.6) is 0 Å². The molecule has 0 bridgehead atoms. The fourth-order valence-corrected chi connectivity index (χ4v) is 1.91. The third kappa shape index (κ3) is 52.8. The molecule has 0 aliphatic carbocycles. The van der Waals surface area contributed by atoms with Crippen molar-refractivity contribution in [3.8, 4) is 0 Å². The summed E-state index contributed by atoms with van der Waals surface area (Å²) in [6.07, 6.45) is 17.4. The predicted molar refractivity (Wildman–Crippen MR) is 91.7 cm³/mol. The van der Waals surface area contributed by atoms with E-state index >= 15 is 0 Å². The predicted octanol–water partition coefficient (Wildman–Crippen LogP) is 3.58. The van der Waals surface area contributed by atoms with Gasteiger partial charge < -0.3 is 5.48 Å². The molecule has 0 aliphatic heterocycles. The molecule has 0 radical (unpaired) electrons. The van der Waals surface area contributed by atoms with E-state index in [-0.39, 0.29) is 35.0 Å². The van der Waals surface area contributed by atoms with Crippen molar-refractivity contribution in [3.63, 3.8) is 0 Å². The maximum absolute atomic E-state index is 8.74. The standard InChI is InChI=1S/C14H30.Na.H2O4S.H2O.H/c1-3-5-7-9-11-13-14-12-10-8-6-4-2;;1-5(2,3)4;;/h3-14H2,1-2H3;;(H2,1,2,3,4);1H2;. The zero-order chi connectivity index (χ0) is 15.0. The molecule has 0 aromatic heterocycles. The molecule has 128 valence electrons. The maximum atomic E-state index is 8.74. The van der Waals surface area contributed by atoms with Gasteiger partial charge in [0, 0.05) is 0 Å². The molecule has 7 heteroatoms. The molecule has 0 saturated heterocycles. The van der Waals surface area contributed by atoms with Crippen LogP contribution in [-0.2, 0) is 10.4 Å². The van der Waals surface area contributed by atoms with Crippen LogP contribution in [0.2, 0.25) is 0 Å². The second-order valence-corrected chi connectivity index (χ2v) is 5.88. The van der Waals surface area contributed by atoms with Crippen LogP contribution in [0.4, 0.5) is 0 Å². The Morgan fingerprint density at radius 3 is 0.905 bits per heavy atom. The van der Waals surface area contributed by atoms with Crippen molar-refractivity contribution in [1.29, 1.82) is 0 Å². The first-order valence-electron chi connectivity index (χ1n) is 7.61. The topological polar surface area (TPSA) is 106 Å². The first-order valence-corrected chi connectivity index (χ1v) is 9.01. The molecular weight excluding hydrogens is 303 g/mol. The number of hydrogen-bond donors (Lipinski definition) is 2. The van der Waals surface area contributed by atoms with Gasteiger partial charge in [-0.2, -0.15) is 8.42 Å². The molecule has 0 saturated carbocycles. The Kier molecular flexibility index (Phi) is 32.8. The van der Waals surface area contributed by atoms with Crippen LogP contribution in [0, 0.1) is 0 Å². The van der Waals surface area contributed by atoms with Gasteiger partial charge in [-0.3, -0.25) is 9.11 Å². The van der Waals surface area contributed by atoms with Gasteiger partial charge in [-0.15, -0.1) is 0 Å². The van der Waals surface area contributed by atoms with Crippen molar-refractivity contribution in [2.24, 2.45) is 0 Å². The molecule has 0 spiro atoms. The molecule has 0 aromatic carbocycles. The Bertz CT molecular complexity index is 238. The molecule has 21 heavy (non-hydrogen) atoms. The summed E-state index contributed by atoms with van der Waals surface area (Å²) in [5.41, 5.74) is 0. The van der Waals surface area contributed by atoms with Crippen molar-refractivity contribution in [2.45, 2.75) is 90.9 Å². The van der Waals surface area contributed by atoms with E-state index in [9.17, 15) is 0 Å². The molecule has 5 nitrogen and oxygen atoms in total. The van der Waals surface area contributed by atoms with Gasteiger partial charge in [0.05, 0.1) is 0 Å². The Morgan fingerprint density at radius 1 is 0.619 bits per heavy atom. The summed E-state index contributed by atoms with van der Waals surface area (Å²) in [6.45, 7) is 4.57. The van der Waals surface area contributed by atoms with Gasteiger partial charge >= 0.3 is 40.0 Å². The van der Waals surface area contributed by atoms with Gasteiger partial charge in [0.2, 0.25) is 0 Å². The van der Waals surface area contributed by atoms with E-state index in [1.807, 2.05) is 0 Å². The van der Waals surface area contributed by atoms with E-state index in [0.29, 0.717) is 0 Å². The van der Waals surface area contributed by atoms with Crippen LogP contribution < -0.4 is 0 Å². The molecule has 0 heterocycles. The average molecular weight is 338 g/mol. The number of unbranched alkanes of at least 4 members (excludes halogenated alkanes) is 11. The van der Waals surface area contributed by atoms with Crippen molar-refractivity contribution in [3.05, 3.63) is 0 Å².